The van der Waals surface area contributed by atoms with Gasteiger partial charge in [0.15, 0.2) is 0 Å². The van der Waals surface area contributed by atoms with Gasteiger partial charge in [0.05, 0.1) is 6.54 Å². The number of nitrogens with one attached hydrogen (secondary N) is 1. The van der Waals surface area contributed by atoms with Gasteiger partial charge in [-0.25, -0.2) is 9.97 Å². The van der Waals surface area contributed by atoms with Crippen molar-refractivity contribution in [2.45, 2.75) is 26.3 Å². The van der Waals surface area contributed by atoms with Gasteiger partial charge in [0, 0.05) is 11.8 Å². The number of nitrogens with zero attached hydrogens (tertiary/aromatic N) is 3. The Morgan fingerprint density at radius 1 is 1.44 bits per heavy atom. The lowest BCUT2D eigenvalue weighted by Gasteiger charge is -2.41. The molecule has 2 heterocycles. The van der Waals surface area contributed by atoms with E-state index in [1.54, 1.807) is 31.9 Å². The average molecular weight is 269 g/mol. The number of halogens is 1. The third kappa shape index (κ3) is 2.03. The van der Waals surface area contributed by atoms with Crippen LogP contribution in [-0.4, -0.2) is 33.9 Å². The van der Waals surface area contributed by atoms with E-state index in [0.29, 0.717) is 5.82 Å². The minimum absolute atomic E-state index is 0.0624. The number of imide groups is 1. The minimum atomic E-state index is -0.865. The van der Waals surface area contributed by atoms with Crippen molar-refractivity contribution in [2.24, 2.45) is 0 Å². The van der Waals surface area contributed by atoms with Crippen molar-refractivity contribution in [3.63, 3.8) is 0 Å². The highest BCUT2D eigenvalue weighted by Crippen LogP contribution is 2.27. The predicted octanol–water partition coefficient (Wildman–Crippen LogP) is 0.680. The molecule has 0 aliphatic carbocycles. The van der Waals surface area contributed by atoms with E-state index in [1.807, 2.05) is 0 Å². The normalized spacial score (nSPS) is 18.8. The molecule has 18 heavy (non-hydrogen) atoms. The summed E-state index contributed by atoms with van der Waals surface area (Å²) in [5.74, 6) is -0.204. The number of hydrogen-bond acceptors (Lipinski definition) is 5. The van der Waals surface area contributed by atoms with Crippen LogP contribution in [0.1, 0.15) is 19.4 Å². The maximum Gasteiger partial charge on any atom is 0.251 e. The van der Waals surface area contributed by atoms with Gasteiger partial charge >= 0.3 is 0 Å². The molecule has 2 amide bonds. The number of piperazine rings is 1. The van der Waals surface area contributed by atoms with Gasteiger partial charge in [0.2, 0.25) is 11.2 Å². The number of aromatic nitrogens is 2. The summed E-state index contributed by atoms with van der Waals surface area (Å²) in [5.41, 5.74) is -0.105. The number of aryl methyl sites for hydroxylation is 1. The molecular formula is C11H13ClN4O2. The zero-order valence-electron chi connectivity index (χ0n) is 10.3. The van der Waals surface area contributed by atoms with E-state index in [4.69, 9.17) is 11.6 Å². The zero-order valence-corrected chi connectivity index (χ0v) is 11.1. The predicted molar refractivity (Wildman–Crippen MR) is 66.4 cm³/mol. The van der Waals surface area contributed by atoms with Crippen molar-refractivity contribution >= 4 is 29.2 Å². The SMILES string of the molecule is Cc1cnc(Cl)nc1N1CC(=O)NC(=O)C1(C)C. The second-order valence-electron chi connectivity index (χ2n) is 4.67. The van der Waals surface area contributed by atoms with Gasteiger partial charge in [-0.15, -0.1) is 0 Å². The van der Waals surface area contributed by atoms with E-state index in [9.17, 15) is 9.59 Å². The zero-order chi connectivity index (χ0) is 13.5. The first-order chi connectivity index (χ1) is 8.32. The van der Waals surface area contributed by atoms with Crippen LogP contribution in [0, 0.1) is 6.92 Å². The fourth-order valence-electron chi connectivity index (χ4n) is 1.81. The molecular weight excluding hydrogens is 256 g/mol. The molecule has 0 bridgehead atoms. The lowest BCUT2D eigenvalue weighted by atomic mass is 9.98. The number of rotatable bonds is 1. The lowest BCUT2D eigenvalue weighted by molar-refractivity contribution is -0.135. The summed E-state index contributed by atoms with van der Waals surface area (Å²) in [6, 6.07) is 0. The van der Waals surface area contributed by atoms with Gasteiger partial charge in [-0.1, -0.05) is 0 Å². The van der Waals surface area contributed by atoms with Crippen molar-refractivity contribution < 1.29 is 9.59 Å². The fraction of sp³-hybridized carbons (Fsp3) is 0.455. The number of carbonyl (C=O) groups excluding carboxylic acids is 2. The smallest absolute Gasteiger partial charge is 0.251 e. The largest absolute Gasteiger partial charge is 0.333 e. The van der Waals surface area contributed by atoms with Crippen LogP contribution in [0.3, 0.4) is 0 Å². The van der Waals surface area contributed by atoms with Gasteiger partial charge in [-0.3, -0.25) is 14.9 Å². The molecule has 0 aromatic carbocycles. The Morgan fingerprint density at radius 2 is 2.11 bits per heavy atom. The van der Waals surface area contributed by atoms with Gasteiger partial charge in [0.1, 0.15) is 11.4 Å². The molecule has 1 saturated heterocycles. The minimum Gasteiger partial charge on any atom is -0.333 e. The molecule has 0 spiro atoms. The Morgan fingerprint density at radius 3 is 2.78 bits per heavy atom. The number of amides is 2. The van der Waals surface area contributed by atoms with Gasteiger partial charge in [0.25, 0.3) is 5.91 Å². The molecule has 6 nitrogen and oxygen atoms in total. The van der Waals surface area contributed by atoms with Crippen molar-refractivity contribution in [3.05, 3.63) is 17.0 Å². The fourth-order valence-corrected chi connectivity index (χ4v) is 1.94. The average Bonchev–Trinajstić information content (AvgIpc) is 2.27. The molecule has 1 fully saturated rings. The first-order valence-corrected chi connectivity index (χ1v) is 5.81. The maximum absolute atomic E-state index is 11.9. The van der Waals surface area contributed by atoms with E-state index >= 15 is 0 Å². The molecule has 2 rings (SSSR count). The van der Waals surface area contributed by atoms with Crippen LogP contribution in [-0.2, 0) is 9.59 Å². The van der Waals surface area contributed by atoms with Crippen LogP contribution >= 0.6 is 11.6 Å². The number of hydrogen-bond donors (Lipinski definition) is 1. The monoisotopic (exact) mass is 268 g/mol. The third-order valence-electron chi connectivity index (χ3n) is 2.96. The van der Waals surface area contributed by atoms with Gasteiger partial charge in [-0.2, -0.15) is 0 Å². The van der Waals surface area contributed by atoms with Gasteiger partial charge < -0.3 is 4.90 Å². The van der Waals surface area contributed by atoms with Crippen molar-refractivity contribution in [1.82, 2.24) is 15.3 Å². The Bertz CT molecular complexity index is 530. The Kier molecular flexibility index (Phi) is 2.98. The molecule has 1 aliphatic heterocycles. The Hall–Kier alpha value is -1.69. The van der Waals surface area contributed by atoms with Crippen LogP contribution in [0.5, 0.6) is 0 Å². The summed E-state index contributed by atoms with van der Waals surface area (Å²) in [6.45, 7) is 5.32. The third-order valence-corrected chi connectivity index (χ3v) is 3.14. The summed E-state index contributed by atoms with van der Waals surface area (Å²) in [7, 11) is 0. The molecule has 0 unspecified atom stereocenters. The molecule has 0 saturated carbocycles. The van der Waals surface area contributed by atoms with E-state index in [1.165, 1.54) is 0 Å². The van der Waals surface area contributed by atoms with Crippen LogP contribution in [0.2, 0.25) is 5.28 Å². The van der Waals surface area contributed by atoms with Crippen molar-refractivity contribution in [3.8, 4) is 0 Å². The first kappa shape index (κ1) is 12.8. The molecule has 1 aromatic rings. The molecule has 7 heteroatoms. The highest BCUT2D eigenvalue weighted by atomic mass is 35.5. The second kappa shape index (κ2) is 4.20. The molecule has 96 valence electrons. The van der Waals surface area contributed by atoms with E-state index in [-0.39, 0.29) is 23.6 Å². The van der Waals surface area contributed by atoms with E-state index in [2.05, 4.69) is 15.3 Å². The van der Waals surface area contributed by atoms with Crippen LogP contribution in [0.15, 0.2) is 6.20 Å². The van der Waals surface area contributed by atoms with Gasteiger partial charge in [-0.05, 0) is 32.4 Å². The second-order valence-corrected chi connectivity index (χ2v) is 5.01. The summed E-state index contributed by atoms with van der Waals surface area (Å²) < 4.78 is 0. The summed E-state index contributed by atoms with van der Waals surface area (Å²) in [6.07, 6.45) is 1.57. The van der Waals surface area contributed by atoms with Crippen molar-refractivity contribution in [1.29, 1.82) is 0 Å². The number of carbonyl (C=O) groups is 2. The maximum atomic E-state index is 11.9. The highest BCUT2D eigenvalue weighted by Gasteiger charge is 2.42. The Labute approximate surface area is 109 Å². The molecule has 1 N–H and O–H groups in total. The van der Waals surface area contributed by atoms with Crippen molar-refractivity contribution in [2.75, 3.05) is 11.4 Å². The summed E-state index contributed by atoms with van der Waals surface area (Å²) in [4.78, 5) is 33.0. The van der Waals surface area contributed by atoms with Crippen LogP contribution in [0.25, 0.3) is 0 Å². The highest BCUT2D eigenvalue weighted by molar-refractivity contribution is 6.28. The lowest BCUT2D eigenvalue weighted by Crippen LogP contribution is -2.64. The molecule has 1 aliphatic rings. The molecule has 0 radical (unpaired) electrons. The van der Waals surface area contributed by atoms with Crippen LogP contribution in [0.4, 0.5) is 5.82 Å². The van der Waals surface area contributed by atoms with E-state index < -0.39 is 5.54 Å². The van der Waals surface area contributed by atoms with E-state index in [0.717, 1.165) is 5.56 Å². The standard InChI is InChI=1S/C11H13ClN4O2/c1-6-4-13-10(12)15-8(6)16-5-7(17)14-9(18)11(16,2)3/h4H,5H2,1-3H3,(H,14,17,18). The molecule has 0 atom stereocenters. The van der Waals surface area contributed by atoms with Crippen LogP contribution < -0.4 is 10.2 Å². The Balaban J connectivity index is 2.50. The first-order valence-electron chi connectivity index (χ1n) is 5.43. The molecule has 1 aromatic heterocycles. The number of anilines is 1. The topological polar surface area (TPSA) is 75.2 Å². The summed E-state index contributed by atoms with van der Waals surface area (Å²) in [5, 5.41) is 2.40. The summed E-state index contributed by atoms with van der Waals surface area (Å²) >= 11 is 5.77. The quantitative estimate of drug-likeness (QED) is 0.599.